The number of hydrogen-bond acceptors (Lipinski definition) is 3. The fourth-order valence-corrected chi connectivity index (χ4v) is 3.06. The summed E-state index contributed by atoms with van der Waals surface area (Å²) < 4.78 is 2.04. The summed E-state index contributed by atoms with van der Waals surface area (Å²) >= 11 is 0. The summed E-state index contributed by atoms with van der Waals surface area (Å²) in [7, 11) is 0. The molecule has 5 heteroatoms. The summed E-state index contributed by atoms with van der Waals surface area (Å²) in [5.41, 5.74) is 6.45. The molecule has 27 heavy (non-hydrogen) atoms. The minimum atomic E-state index is -0.201. The van der Waals surface area contributed by atoms with E-state index in [9.17, 15) is 4.79 Å². The molecule has 0 aliphatic carbocycles. The van der Waals surface area contributed by atoms with Crippen LogP contribution in [-0.4, -0.2) is 20.3 Å². The number of hydrogen-bond donors (Lipinski definition) is 1. The van der Waals surface area contributed by atoms with E-state index in [1.54, 1.807) is 24.4 Å². The van der Waals surface area contributed by atoms with Crippen LogP contribution < -0.4 is 5.32 Å². The van der Waals surface area contributed by atoms with Crippen molar-refractivity contribution in [2.45, 2.75) is 20.4 Å². The third-order valence-corrected chi connectivity index (χ3v) is 4.50. The number of fused-ring (bicyclic) bond motifs is 1. The van der Waals surface area contributed by atoms with Crippen LogP contribution in [-0.2, 0) is 6.54 Å². The van der Waals surface area contributed by atoms with Gasteiger partial charge in [-0.3, -0.25) is 9.78 Å². The molecule has 5 nitrogen and oxygen atoms in total. The number of rotatable bonds is 4. The Labute approximate surface area is 157 Å². The van der Waals surface area contributed by atoms with Gasteiger partial charge in [0.25, 0.3) is 5.91 Å². The van der Waals surface area contributed by atoms with Crippen LogP contribution in [0, 0.1) is 13.8 Å². The summed E-state index contributed by atoms with van der Waals surface area (Å²) in [5, 5.41) is 2.97. The summed E-state index contributed by atoms with van der Waals surface area (Å²) in [6.07, 6.45) is 3.66. The number of aryl methyl sites for hydroxylation is 2. The molecule has 0 radical (unpaired) electrons. The number of amides is 1. The third kappa shape index (κ3) is 3.44. The molecule has 0 unspecified atom stereocenters. The highest BCUT2D eigenvalue weighted by atomic mass is 16.1. The Bertz CT molecular complexity index is 1100. The van der Waals surface area contributed by atoms with Crippen LogP contribution in [0.25, 0.3) is 16.9 Å². The zero-order valence-corrected chi connectivity index (χ0v) is 15.3. The molecule has 0 saturated carbocycles. The van der Waals surface area contributed by atoms with E-state index in [4.69, 9.17) is 4.98 Å². The molecule has 4 aromatic rings. The maximum Gasteiger partial charge on any atom is 0.270 e. The predicted molar refractivity (Wildman–Crippen MR) is 106 cm³/mol. The van der Waals surface area contributed by atoms with E-state index in [2.05, 4.69) is 41.5 Å². The van der Waals surface area contributed by atoms with Crippen molar-refractivity contribution >= 4 is 11.6 Å². The summed E-state index contributed by atoms with van der Waals surface area (Å²) in [6, 6.07) is 17.6. The lowest BCUT2D eigenvalue weighted by molar-refractivity contribution is 0.0945. The Morgan fingerprint density at radius 3 is 2.52 bits per heavy atom. The first-order chi connectivity index (χ1) is 13.1. The van der Waals surface area contributed by atoms with Crippen molar-refractivity contribution in [1.29, 1.82) is 0 Å². The van der Waals surface area contributed by atoms with Crippen molar-refractivity contribution in [1.82, 2.24) is 19.7 Å². The van der Waals surface area contributed by atoms with Gasteiger partial charge >= 0.3 is 0 Å². The van der Waals surface area contributed by atoms with Gasteiger partial charge in [-0.1, -0.05) is 42.0 Å². The molecule has 0 spiro atoms. The fraction of sp³-hybridized carbons (Fsp3) is 0.136. The molecule has 3 aromatic heterocycles. The van der Waals surface area contributed by atoms with Crippen molar-refractivity contribution in [3.05, 3.63) is 89.5 Å². The number of pyridine rings is 2. The van der Waals surface area contributed by atoms with Gasteiger partial charge in [0.2, 0.25) is 0 Å². The van der Waals surface area contributed by atoms with E-state index in [1.165, 1.54) is 5.56 Å². The maximum absolute atomic E-state index is 12.4. The molecule has 1 amide bonds. The van der Waals surface area contributed by atoms with E-state index < -0.39 is 0 Å². The zero-order valence-electron chi connectivity index (χ0n) is 15.3. The SMILES string of the molecule is Cc1ccc(-c2nc3ccc(C)cn3c2CNC(=O)c2ccccn2)cc1. The highest BCUT2D eigenvalue weighted by Gasteiger charge is 2.16. The van der Waals surface area contributed by atoms with Gasteiger partial charge in [0, 0.05) is 18.0 Å². The lowest BCUT2D eigenvalue weighted by atomic mass is 10.1. The van der Waals surface area contributed by atoms with E-state index in [1.807, 2.05) is 29.7 Å². The van der Waals surface area contributed by atoms with Gasteiger partial charge in [-0.25, -0.2) is 4.98 Å². The largest absolute Gasteiger partial charge is 0.345 e. The van der Waals surface area contributed by atoms with Crippen molar-refractivity contribution in [2.75, 3.05) is 0 Å². The number of nitrogens with zero attached hydrogens (tertiary/aromatic N) is 3. The lowest BCUT2D eigenvalue weighted by Gasteiger charge is -2.08. The molecule has 0 atom stereocenters. The highest BCUT2D eigenvalue weighted by Crippen LogP contribution is 2.25. The molecule has 0 fully saturated rings. The highest BCUT2D eigenvalue weighted by molar-refractivity contribution is 5.92. The zero-order chi connectivity index (χ0) is 18.8. The van der Waals surface area contributed by atoms with E-state index in [0.29, 0.717) is 12.2 Å². The van der Waals surface area contributed by atoms with Gasteiger partial charge < -0.3 is 9.72 Å². The Morgan fingerprint density at radius 2 is 1.78 bits per heavy atom. The quantitative estimate of drug-likeness (QED) is 0.602. The van der Waals surface area contributed by atoms with Gasteiger partial charge in [0.05, 0.1) is 17.9 Å². The van der Waals surface area contributed by atoms with E-state index in [-0.39, 0.29) is 5.91 Å². The molecule has 134 valence electrons. The molecule has 4 rings (SSSR count). The van der Waals surface area contributed by atoms with E-state index in [0.717, 1.165) is 28.2 Å². The molecular weight excluding hydrogens is 336 g/mol. The number of aromatic nitrogens is 3. The van der Waals surface area contributed by atoms with Gasteiger partial charge in [-0.2, -0.15) is 0 Å². The van der Waals surface area contributed by atoms with Crippen molar-refractivity contribution in [3.8, 4) is 11.3 Å². The van der Waals surface area contributed by atoms with Crippen LogP contribution in [0.15, 0.2) is 67.0 Å². The Hall–Kier alpha value is -3.47. The van der Waals surface area contributed by atoms with Crippen molar-refractivity contribution in [2.24, 2.45) is 0 Å². The fourth-order valence-electron chi connectivity index (χ4n) is 3.06. The number of imidazole rings is 1. The second-order valence-corrected chi connectivity index (χ2v) is 6.61. The molecule has 0 bridgehead atoms. The van der Waals surface area contributed by atoms with Crippen LogP contribution in [0.2, 0.25) is 0 Å². The van der Waals surface area contributed by atoms with Crippen LogP contribution in [0.4, 0.5) is 0 Å². The Kier molecular flexibility index (Phi) is 4.42. The molecule has 1 aromatic carbocycles. The first kappa shape index (κ1) is 17.0. The van der Waals surface area contributed by atoms with Crippen LogP contribution in [0.3, 0.4) is 0 Å². The summed E-state index contributed by atoms with van der Waals surface area (Å²) in [5.74, 6) is -0.201. The van der Waals surface area contributed by atoms with Crippen LogP contribution >= 0.6 is 0 Å². The molecule has 0 aliphatic rings. The normalized spacial score (nSPS) is 10.9. The standard InChI is InChI=1S/C22H20N4O/c1-15-6-9-17(10-7-15)21-19(26-14-16(2)8-11-20(26)25-21)13-24-22(27)18-5-3-4-12-23-18/h3-12,14H,13H2,1-2H3,(H,24,27). The van der Waals surface area contributed by atoms with Gasteiger partial charge in [0.15, 0.2) is 0 Å². The minimum absolute atomic E-state index is 0.201. The van der Waals surface area contributed by atoms with Crippen molar-refractivity contribution in [3.63, 3.8) is 0 Å². The Morgan fingerprint density at radius 1 is 1.00 bits per heavy atom. The lowest BCUT2D eigenvalue weighted by Crippen LogP contribution is -2.24. The summed E-state index contributed by atoms with van der Waals surface area (Å²) in [6.45, 7) is 4.47. The monoisotopic (exact) mass is 356 g/mol. The first-order valence-corrected chi connectivity index (χ1v) is 8.86. The Balaban J connectivity index is 1.73. The topological polar surface area (TPSA) is 59.3 Å². The molecule has 0 aliphatic heterocycles. The first-order valence-electron chi connectivity index (χ1n) is 8.86. The second-order valence-electron chi connectivity index (χ2n) is 6.61. The molecule has 1 N–H and O–H groups in total. The van der Waals surface area contributed by atoms with Gasteiger partial charge in [-0.15, -0.1) is 0 Å². The minimum Gasteiger partial charge on any atom is -0.345 e. The number of nitrogens with one attached hydrogen (secondary N) is 1. The molecule has 3 heterocycles. The van der Waals surface area contributed by atoms with Crippen LogP contribution in [0.1, 0.15) is 27.3 Å². The average molecular weight is 356 g/mol. The third-order valence-electron chi connectivity index (χ3n) is 4.50. The number of carbonyl (C=O) groups excluding carboxylic acids is 1. The second kappa shape index (κ2) is 7.03. The van der Waals surface area contributed by atoms with Crippen LogP contribution in [0.5, 0.6) is 0 Å². The van der Waals surface area contributed by atoms with E-state index >= 15 is 0 Å². The van der Waals surface area contributed by atoms with Gasteiger partial charge in [0.1, 0.15) is 11.3 Å². The molecular formula is C22H20N4O. The average Bonchev–Trinajstić information content (AvgIpc) is 3.05. The number of carbonyl (C=O) groups is 1. The smallest absolute Gasteiger partial charge is 0.270 e. The van der Waals surface area contributed by atoms with Gasteiger partial charge in [-0.05, 0) is 37.6 Å². The molecule has 0 saturated heterocycles. The number of benzene rings is 1. The predicted octanol–water partition coefficient (Wildman–Crippen LogP) is 3.94. The maximum atomic E-state index is 12.4. The summed E-state index contributed by atoms with van der Waals surface area (Å²) in [4.78, 5) is 21.3. The van der Waals surface area contributed by atoms with Crippen molar-refractivity contribution < 1.29 is 4.79 Å².